The Balaban J connectivity index is 0.000000260. The third-order valence-electron chi connectivity index (χ3n) is 25.3. The molecule has 0 aromatic heterocycles. The Kier molecular flexibility index (Phi) is 56.3. The van der Waals surface area contributed by atoms with Crippen molar-refractivity contribution in [2.24, 2.45) is 0 Å². The molecule has 125 heavy (non-hydrogen) atoms. The Bertz CT molecular complexity index is 3830. The van der Waals surface area contributed by atoms with Crippen molar-refractivity contribution >= 4 is 135 Å². The minimum absolute atomic E-state index is 0. The van der Waals surface area contributed by atoms with Crippen molar-refractivity contribution in [1.29, 1.82) is 0 Å². The topological polar surface area (TPSA) is 22.2 Å². The Hall–Kier alpha value is -1.31. The molecule has 7 aromatic rings. The van der Waals surface area contributed by atoms with E-state index in [9.17, 15) is 0 Å². The zero-order valence-electron chi connectivity index (χ0n) is 79.0. The van der Waals surface area contributed by atoms with Gasteiger partial charge in [0.05, 0.1) is 34.0 Å². The average molecular weight is 2250 g/mol. The average Bonchev–Trinajstić information content (AvgIpc) is 1.60. The van der Waals surface area contributed by atoms with Gasteiger partial charge in [0.25, 0.3) is 0 Å². The Labute approximate surface area is 818 Å². The van der Waals surface area contributed by atoms with Crippen LogP contribution in [0.2, 0.25) is 0 Å². The number of hydrogen-bond donors (Lipinski definition) is 0. The Morgan fingerprint density at radius 3 is 0.720 bits per heavy atom. The molecule has 7 aromatic carbocycles. The van der Waals surface area contributed by atoms with Crippen molar-refractivity contribution in [1.82, 2.24) is 0 Å². The quantitative estimate of drug-likeness (QED) is 0.0578. The molecular weight excluding hydrogens is 2100 g/mol. The fourth-order valence-electron chi connectivity index (χ4n) is 21.0. The number of rotatable bonds is 15. The fourth-order valence-corrected chi connectivity index (χ4v) is 36.9. The standard InChI is InChI=1S/2C21H27N2.2C18H33P.C10H12O.2C7H6.3CH3.CH2.8ClH.4Ru/c2*1-14-9-16(3)20(17(4)10-14)22-7-8-23(13-22)21-18(5)11-15(2)12-19(21)6;2*1-4-10-16(11-5-1)19(17-12-6-2-7-13-17)18-14-8-3-9-15-18;1-8(2)11-10-7-5-4-6-9(10)3;2*1-7-5-3-2-4-6-7;;;;;;;;;;;;;;;;/h2*9-13H,7-8H2,1-6H3;2*16-18H,1-15H2;3-8H,1-2H3;2*1-6H;3*1H3;1H2;8*1H;;;;/q2*-1;;;;;;3*-1;;;;;;;;;;4*+2/p-6. The molecule has 0 amide bonds. The van der Waals surface area contributed by atoms with E-state index in [1.54, 1.807) is 193 Å². The van der Waals surface area contributed by atoms with E-state index in [2.05, 4.69) is 170 Å². The number of ether oxygens (including phenoxy) is 1. The summed E-state index contributed by atoms with van der Waals surface area (Å²) in [5.41, 5.74) is 32.3. The summed E-state index contributed by atoms with van der Waals surface area (Å²) in [7, 11) is 44.4. The van der Waals surface area contributed by atoms with Gasteiger partial charge < -0.3 is 41.9 Å². The Morgan fingerprint density at radius 2 is 0.520 bits per heavy atom. The first-order chi connectivity index (χ1) is 58.5. The monoisotopic (exact) mass is 2250 g/mol. The molecule has 0 unspecified atom stereocenters. The van der Waals surface area contributed by atoms with Gasteiger partial charge >= 0.3 is 283 Å². The third kappa shape index (κ3) is 39.9. The first kappa shape index (κ1) is 114. The van der Waals surface area contributed by atoms with Crippen LogP contribution in [0.25, 0.3) is 0 Å². The zero-order chi connectivity index (χ0) is 88.2. The molecule has 2 saturated heterocycles. The predicted octanol–water partition coefficient (Wildman–Crippen LogP) is 34.1. The van der Waals surface area contributed by atoms with Crippen LogP contribution in [0.1, 0.15) is 290 Å². The summed E-state index contributed by atoms with van der Waals surface area (Å²) in [5.74, 6) is 0.850. The van der Waals surface area contributed by atoms with E-state index in [1.807, 2.05) is 113 Å². The van der Waals surface area contributed by atoms with Crippen LogP contribution >= 0.6 is 93.4 Å². The van der Waals surface area contributed by atoms with E-state index in [1.165, 1.54) is 123 Å². The van der Waals surface area contributed by atoms with Crippen molar-refractivity contribution in [2.45, 2.75) is 330 Å². The normalized spacial score (nSPS) is 17.5. The van der Waals surface area contributed by atoms with Gasteiger partial charge in [0.2, 0.25) is 0 Å². The van der Waals surface area contributed by atoms with Gasteiger partial charge in [-0.3, -0.25) is 0 Å². The molecule has 0 spiro atoms. The number of hydrogen-bond acceptors (Lipinski definition) is 5. The molecule has 8 aliphatic rings. The molecule has 15 rings (SSSR count). The van der Waals surface area contributed by atoms with Crippen LogP contribution in [-0.4, -0.2) is 85.2 Å². The van der Waals surface area contributed by atoms with Crippen LogP contribution in [0.4, 0.5) is 22.7 Å². The maximum absolute atomic E-state index is 5.82. The summed E-state index contributed by atoms with van der Waals surface area (Å²) in [6.07, 6.45) is 47.7. The van der Waals surface area contributed by atoms with E-state index in [-0.39, 0.29) is 44.2 Å². The molecule has 0 radical (unpaired) electrons. The summed E-state index contributed by atoms with van der Waals surface area (Å²) in [4.78, 5) is 9.62. The van der Waals surface area contributed by atoms with Crippen molar-refractivity contribution in [2.75, 3.05) is 45.8 Å². The second-order valence-electron chi connectivity index (χ2n) is 35.7. The summed E-state index contributed by atoms with van der Waals surface area (Å²) < 4.78 is 11.4. The SMILES string of the molecule is C1CCC([PH+](C2CCCCC2)C2CCCCC2)CC1.C1CCC([PH+](C2CCCCC2)C2CCCCC2)CC1.CC(C)Oc1ccccc1[CH]=[Ru]([Cl])[Cl].Cc1cc(C)c(N2[CH-]N(c3c(C)cc(C)cc3C)CC2)c(C)c1.Cc1cc(C)c(N2[CH-]N(c3c(C)cc(C)cc3C)CC2)c(C)c1.[CH2]=[Ru]([Cl])[Cl].[CH3-].[CH3-].[CH3-].[Cl][Ru]([Cl])=[CH]c1ccccc1.[Cl][Ru]([Cl])=[CH]c1ccccc1. The molecule has 708 valence electrons. The number of anilines is 4. The second kappa shape index (κ2) is 61.6. The number of halogens is 8. The molecule has 0 atom stereocenters. The van der Waals surface area contributed by atoms with Gasteiger partial charge in [-0.1, -0.05) is 109 Å². The van der Waals surface area contributed by atoms with Crippen LogP contribution in [0.15, 0.2) is 133 Å². The van der Waals surface area contributed by atoms with Gasteiger partial charge in [-0.15, -0.1) is 0 Å². The molecule has 19 heteroatoms. The van der Waals surface area contributed by atoms with E-state index >= 15 is 0 Å². The molecule has 2 heterocycles. The first-order valence-electron chi connectivity index (χ1n) is 45.5. The molecule has 5 nitrogen and oxygen atoms in total. The van der Waals surface area contributed by atoms with E-state index in [0.29, 0.717) is 0 Å². The number of nitrogens with zero attached hydrogens (tertiary/aromatic N) is 4. The molecule has 0 N–H and O–H groups in total. The summed E-state index contributed by atoms with van der Waals surface area (Å²) in [6.45, 7) is 39.1. The molecule has 6 aliphatic carbocycles. The van der Waals surface area contributed by atoms with Crippen LogP contribution in [0.5, 0.6) is 5.75 Å². The Morgan fingerprint density at radius 1 is 0.320 bits per heavy atom. The molecule has 8 fully saturated rings. The summed E-state index contributed by atoms with van der Waals surface area (Å²) in [5, 5.41) is 3.31. The fraction of sp³-hybridized carbons (Fsp3) is 0.519. The van der Waals surface area contributed by atoms with Crippen molar-refractivity contribution in [3.63, 3.8) is 0 Å². The van der Waals surface area contributed by atoms with Gasteiger partial charge in [0.15, 0.2) is 0 Å². The van der Waals surface area contributed by atoms with Gasteiger partial charge in [0, 0.05) is 64.8 Å². The van der Waals surface area contributed by atoms with Crippen molar-refractivity contribution in [3.05, 3.63) is 253 Å². The van der Waals surface area contributed by atoms with Gasteiger partial charge in [0.1, 0.15) is 0 Å². The second-order valence-corrected chi connectivity index (χ2v) is 65.6. The number of benzene rings is 7. The summed E-state index contributed by atoms with van der Waals surface area (Å²) >= 11 is -6.48. The van der Waals surface area contributed by atoms with E-state index < -0.39 is 54.1 Å². The van der Waals surface area contributed by atoms with Gasteiger partial charge in [-0.05, 0) is 282 Å². The molecule has 6 saturated carbocycles. The molecular formula is C106H157Cl8N4OP2Ru4-3. The molecule has 0 bridgehead atoms. The third-order valence-corrected chi connectivity index (χ3v) is 40.0. The maximum atomic E-state index is 5.82. The van der Waals surface area contributed by atoms with Crippen LogP contribution in [0.3, 0.4) is 0 Å². The van der Waals surface area contributed by atoms with E-state index in [0.717, 1.165) is 48.6 Å². The predicted molar refractivity (Wildman–Crippen MR) is 562 cm³/mol. The van der Waals surface area contributed by atoms with Gasteiger partial charge in [-0.25, -0.2) is 0 Å². The van der Waals surface area contributed by atoms with Crippen LogP contribution < -0.4 is 24.3 Å². The van der Waals surface area contributed by atoms with Crippen LogP contribution in [-0.2, 0) is 54.1 Å². The van der Waals surface area contributed by atoms with Gasteiger partial charge in [-0.2, -0.15) is 13.3 Å². The number of para-hydroxylation sites is 1. The number of aryl methyl sites for hydroxylation is 12. The zero-order valence-corrected chi connectivity index (χ0v) is 94.0. The first-order valence-corrected chi connectivity index (χ1v) is 71.1. The van der Waals surface area contributed by atoms with Crippen LogP contribution in [0, 0.1) is 119 Å². The van der Waals surface area contributed by atoms with E-state index in [4.69, 9.17) is 82.3 Å². The minimum atomic E-state index is -1.77. The summed E-state index contributed by atoms with van der Waals surface area (Å²) in [6, 6.07) is 45.8. The molecule has 2 aliphatic heterocycles. The van der Waals surface area contributed by atoms with Crippen molar-refractivity contribution in [3.8, 4) is 5.75 Å². The van der Waals surface area contributed by atoms with Crippen molar-refractivity contribution < 1.29 is 58.8 Å².